The molecule has 2 radical (unpaired) electrons. The van der Waals surface area contributed by atoms with E-state index in [0.29, 0.717) is 13.2 Å². The summed E-state index contributed by atoms with van der Waals surface area (Å²) >= 11 is 0. The van der Waals surface area contributed by atoms with Crippen LogP contribution >= 0.6 is 0 Å². The third kappa shape index (κ3) is 25.3. The Morgan fingerprint density at radius 2 is 1.00 bits per heavy atom. The van der Waals surface area contributed by atoms with Gasteiger partial charge in [0, 0.05) is 56.6 Å². The van der Waals surface area contributed by atoms with Crippen LogP contribution in [0.3, 0.4) is 0 Å². The van der Waals surface area contributed by atoms with Crippen molar-refractivity contribution < 1.29 is 26.5 Å². The molecule has 0 aliphatic heterocycles. The topological polar surface area (TPSA) is 18.5 Å². The molecule has 0 amide bonds. The van der Waals surface area contributed by atoms with Gasteiger partial charge in [0.2, 0.25) is 0 Å². The van der Waals surface area contributed by atoms with Gasteiger partial charge in [0.25, 0.3) is 0 Å². The Hall–Kier alpha value is -0.00312. The van der Waals surface area contributed by atoms with E-state index >= 15 is 0 Å². The second kappa shape index (κ2) is 25.0. The molecule has 0 aromatic heterocycles. The normalized spacial score (nSPS) is 17.4. The second-order valence-electron chi connectivity index (χ2n) is 4.05. The van der Waals surface area contributed by atoms with Crippen molar-refractivity contribution in [3.63, 3.8) is 0 Å². The number of rotatable bonds is 3. The van der Waals surface area contributed by atoms with Crippen molar-refractivity contribution in [2.45, 2.75) is 25.7 Å². The van der Waals surface area contributed by atoms with E-state index in [-0.39, 0.29) is 35.9 Å². The minimum atomic E-state index is 0. The molecule has 2 rings (SSSR count). The monoisotopic (exact) mass is 326 g/mol. The van der Waals surface area contributed by atoms with Crippen LogP contribution in [0.1, 0.15) is 25.7 Å². The van der Waals surface area contributed by atoms with E-state index in [9.17, 15) is 0 Å². The quantitative estimate of drug-likeness (QED) is 0.445. The van der Waals surface area contributed by atoms with Gasteiger partial charge in [0.05, 0.1) is 13.2 Å². The predicted octanol–water partition coefficient (Wildman–Crippen LogP) is 3.89. The summed E-state index contributed by atoms with van der Waals surface area (Å²) in [6.45, 7) is 1.38. The van der Waals surface area contributed by atoms with Gasteiger partial charge in [-0.1, -0.05) is 48.6 Å². The third-order valence-electron chi connectivity index (χ3n) is 2.38. The first-order valence-electron chi connectivity index (χ1n) is 6.86. The van der Waals surface area contributed by atoms with Crippen LogP contribution in [0.25, 0.3) is 0 Å². The van der Waals surface area contributed by atoms with Crippen LogP contribution in [0.4, 0.5) is 0 Å². The number of allylic oxidation sites excluding steroid dienone is 8. The van der Waals surface area contributed by atoms with Gasteiger partial charge in [0.15, 0.2) is 0 Å². The van der Waals surface area contributed by atoms with E-state index in [0.717, 1.165) is 0 Å². The van der Waals surface area contributed by atoms with Crippen molar-refractivity contribution in [3.8, 4) is 0 Å². The molecular weight excluding hydrogens is 299 g/mol. The van der Waals surface area contributed by atoms with Crippen LogP contribution in [-0.4, -0.2) is 46.3 Å². The Kier molecular flexibility index (Phi) is 30.8. The second-order valence-corrected chi connectivity index (χ2v) is 4.05. The largest absolute Gasteiger partial charge is 0.382 e. The number of ether oxygens (including phenoxy) is 2. The predicted molar refractivity (Wildman–Crippen MR) is 88.8 cm³/mol. The molecule has 0 bridgehead atoms. The molecule has 0 atom stereocenters. The molecule has 116 valence electrons. The summed E-state index contributed by atoms with van der Waals surface area (Å²) in [4.78, 5) is 0. The third-order valence-corrected chi connectivity index (χ3v) is 2.38. The molecule has 0 aromatic rings. The first kappa shape index (κ1) is 25.9. The van der Waals surface area contributed by atoms with Gasteiger partial charge in [-0.15, -0.1) is 0 Å². The standard InChI is InChI=1S/C8H12.C5H5.C4H10O2.Fe.Li/c1-2-4-6-8-7-5-3-1;1-2-4-5-3-1;1-5-3-4-6-2;;/h1-2,7-8H,3-6H2;1-5H;3-4H2,1-2H3;;/b2-1-,8-7-;;;;. The Morgan fingerprint density at radius 1 is 0.667 bits per heavy atom. The van der Waals surface area contributed by atoms with Gasteiger partial charge in [-0.3, -0.25) is 0 Å². The molecule has 0 saturated heterocycles. The molecule has 0 aromatic carbocycles. The van der Waals surface area contributed by atoms with Gasteiger partial charge < -0.3 is 9.47 Å². The van der Waals surface area contributed by atoms with E-state index in [1.807, 2.05) is 30.7 Å². The number of hydrogen-bond acceptors (Lipinski definition) is 2. The van der Waals surface area contributed by atoms with Crippen molar-refractivity contribution in [2.24, 2.45) is 0 Å². The summed E-state index contributed by atoms with van der Waals surface area (Å²) in [6, 6.07) is 0. The average molecular weight is 326 g/mol. The van der Waals surface area contributed by atoms with Crippen molar-refractivity contribution in [1.29, 1.82) is 0 Å². The van der Waals surface area contributed by atoms with Gasteiger partial charge in [-0.2, -0.15) is 0 Å². The Morgan fingerprint density at radius 3 is 1.19 bits per heavy atom. The van der Waals surface area contributed by atoms with E-state index < -0.39 is 0 Å². The fourth-order valence-electron chi connectivity index (χ4n) is 1.34. The summed E-state index contributed by atoms with van der Waals surface area (Å²) in [7, 11) is 3.30. The molecule has 0 fully saturated rings. The van der Waals surface area contributed by atoms with Gasteiger partial charge in [-0.25, -0.2) is 0 Å². The first-order valence-corrected chi connectivity index (χ1v) is 6.86. The minimum Gasteiger partial charge on any atom is -0.382 e. The Labute approximate surface area is 153 Å². The van der Waals surface area contributed by atoms with E-state index in [2.05, 4.69) is 33.8 Å². The van der Waals surface area contributed by atoms with Crippen LogP contribution in [0.15, 0.2) is 48.6 Å². The molecule has 2 aliphatic carbocycles. The van der Waals surface area contributed by atoms with Crippen molar-refractivity contribution in [3.05, 3.63) is 55.0 Å². The molecule has 4 heteroatoms. The molecule has 2 aliphatic rings. The van der Waals surface area contributed by atoms with E-state index in [1.54, 1.807) is 14.2 Å². The Balaban J connectivity index is -0.000000227. The molecule has 0 spiro atoms. The van der Waals surface area contributed by atoms with Crippen molar-refractivity contribution in [2.75, 3.05) is 27.4 Å². The number of methoxy groups -OCH3 is 2. The molecule has 2 nitrogen and oxygen atoms in total. The SMILES string of the molecule is C1=C\CC/C=C\CC/1.COCCOC.[CH]1C=CC=C1.[Fe].[Li]. The zero-order valence-corrected chi connectivity index (χ0v) is 14.7. The number of hydrogen-bond donors (Lipinski definition) is 0. The molecule has 21 heavy (non-hydrogen) atoms. The van der Waals surface area contributed by atoms with Gasteiger partial charge in [0.1, 0.15) is 0 Å². The maximum Gasteiger partial charge on any atom is 0.0696 e. The zero-order chi connectivity index (χ0) is 14.0. The molecule has 0 saturated carbocycles. The maximum absolute atomic E-state index is 4.66. The summed E-state index contributed by atoms with van der Waals surface area (Å²) in [5.74, 6) is 0. The first-order chi connectivity index (χ1) is 9.41. The summed E-state index contributed by atoms with van der Waals surface area (Å²) in [5, 5.41) is 0. The van der Waals surface area contributed by atoms with Crippen LogP contribution in [0, 0.1) is 6.42 Å². The zero-order valence-electron chi connectivity index (χ0n) is 13.6. The summed E-state index contributed by atoms with van der Waals surface area (Å²) in [5.41, 5.74) is 0. The van der Waals surface area contributed by atoms with Crippen LogP contribution in [0.5, 0.6) is 0 Å². The summed E-state index contributed by atoms with van der Waals surface area (Å²) in [6.07, 6.45) is 24.0. The average Bonchev–Trinajstić information content (AvgIpc) is 2.95. The van der Waals surface area contributed by atoms with Crippen molar-refractivity contribution >= 4 is 18.9 Å². The maximum atomic E-state index is 4.66. The van der Waals surface area contributed by atoms with E-state index in [1.165, 1.54) is 25.7 Å². The summed E-state index contributed by atoms with van der Waals surface area (Å²) < 4.78 is 9.31. The molecule has 0 unspecified atom stereocenters. The van der Waals surface area contributed by atoms with Crippen LogP contribution in [-0.2, 0) is 26.5 Å². The minimum absolute atomic E-state index is 0. The van der Waals surface area contributed by atoms with Gasteiger partial charge in [-0.05, 0) is 25.7 Å². The fraction of sp³-hybridized carbons (Fsp3) is 0.471. The molecule has 0 N–H and O–H groups in total. The fourth-order valence-corrected chi connectivity index (χ4v) is 1.34. The molecular formula is C17H27FeLiO2. The Bertz CT molecular complexity index is 247. The van der Waals surface area contributed by atoms with Crippen LogP contribution < -0.4 is 0 Å². The van der Waals surface area contributed by atoms with Gasteiger partial charge >= 0.3 is 0 Å². The van der Waals surface area contributed by atoms with Crippen molar-refractivity contribution in [1.82, 2.24) is 0 Å². The molecule has 0 heterocycles. The van der Waals surface area contributed by atoms with Crippen LogP contribution in [0.2, 0.25) is 0 Å². The smallest absolute Gasteiger partial charge is 0.0696 e. The van der Waals surface area contributed by atoms with E-state index in [4.69, 9.17) is 0 Å².